The third-order valence-electron chi connectivity index (χ3n) is 3.22. The first-order valence-electron chi connectivity index (χ1n) is 6.41. The number of carbonyl (C=O) groups is 1. The zero-order chi connectivity index (χ0) is 13.7. The molecular formula is C14H18N2OS2. The van der Waals surface area contributed by atoms with Crippen molar-refractivity contribution in [3.05, 3.63) is 35.4 Å². The summed E-state index contributed by atoms with van der Waals surface area (Å²) in [5, 5.41) is 0. The summed E-state index contributed by atoms with van der Waals surface area (Å²) < 4.78 is 0. The van der Waals surface area contributed by atoms with E-state index in [1.54, 1.807) is 11.8 Å². The van der Waals surface area contributed by atoms with Gasteiger partial charge in [-0.2, -0.15) is 0 Å². The van der Waals surface area contributed by atoms with Crippen LogP contribution < -0.4 is 5.73 Å². The molecule has 102 valence electrons. The standard InChI is InChI=1S/C14H18N2OS2/c15-14(18)12-6-2-1-5-11(12)9-19-10-13(17)16-7-3-4-8-16/h1-2,5-6H,3-4,7-10H2,(H2,15,18). The average molecular weight is 294 g/mol. The van der Waals surface area contributed by atoms with Crippen LogP contribution in [0.1, 0.15) is 24.0 Å². The number of thioether (sulfide) groups is 1. The van der Waals surface area contributed by atoms with Crippen LogP contribution in [0.5, 0.6) is 0 Å². The van der Waals surface area contributed by atoms with Gasteiger partial charge in [-0.3, -0.25) is 4.79 Å². The number of carbonyl (C=O) groups excluding carboxylic acids is 1. The summed E-state index contributed by atoms with van der Waals surface area (Å²) in [4.78, 5) is 14.3. The maximum atomic E-state index is 11.9. The summed E-state index contributed by atoms with van der Waals surface area (Å²) in [6.07, 6.45) is 2.28. The van der Waals surface area contributed by atoms with Crippen molar-refractivity contribution in [2.24, 2.45) is 5.73 Å². The fourth-order valence-corrected chi connectivity index (χ4v) is 3.32. The lowest BCUT2D eigenvalue weighted by molar-refractivity contribution is -0.127. The van der Waals surface area contributed by atoms with Crippen LogP contribution in [0.3, 0.4) is 0 Å². The van der Waals surface area contributed by atoms with Gasteiger partial charge in [0.05, 0.1) is 5.75 Å². The van der Waals surface area contributed by atoms with Crippen molar-refractivity contribution in [1.82, 2.24) is 4.90 Å². The Kier molecular flexibility index (Phi) is 5.22. The van der Waals surface area contributed by atoms with E-state index < -0.39 is 0 Å². The molecule has 19 heavy (non-hydrogen) atoms. The number of rotatable bonds is 5. The Morgan fingerprint density at radius 3 is 2.68 bits per heavy atom. The van der Waals surface area contributed by atoms with Crippen molar-refractivity contribution in [1.29, 1.82) is 0 Å². The minimum Gasteiger partial charge on any atom is -0.389 e. The fraction of sp³-hybridized carbons (Fsp3) is 0.429. The monoisotopic (exact) mass is 294 g/mol. The molecule has 1 amide bonds. The van der Waals surface area contributed by atoms with Crippen molar-refractivity contribution in [3.8, 4) is 0 Å². The molecule has 1 saturated heterocycles. The van der Waals surface area contributed by atoms with Crippen LogP contribution in [0, 0.1) is 0 Å². The first-order valence-corrected chi connectivity index (χ1v) is 7.98. The molecule has 1 aliphatic rings. The van der Waals surface area contributed by atoms with Crippen molar-refractivity contribution < 1.29 is 4.79 Å². The summed E-state index contributed by atoms with van der Waals surface area (Å²) >= 11 is 6.66. The second kappa shape index (κ2) is 6.91. The highest BCUT2D eigenvalue weighted by atomic mass is 32.2. The quantitative estimate of drug-likeness (QED) is 0.846. The van der Waals surface area contributed by atoms with E-state index in [-0.39, 0.29) is 5.91 Å². The second-order valence-corrected chi connectivity index (χ2v) is 6.03. The van der Waals surface area contributed by atoms with E-state index in [1.165, 1.54) is 0 Å². The summed E-state index contributed by atoms with van der Waals surface area (Å²) in [6.45, 7) is 1.84. The van der Waals surface area contributed by atoms with Gasteiger partial charge in [-0.25, -0.2) is 0 Å². The first-order chi connectivity index (χ1) is 9.18. The highest BCUT2D eigenvalue weighted by Gasteiger charge is 2.17. The van der Waals surface area contributed by atoms with Gasteiger partial charge in [-0.05, 0) is 18.4 Å². The predicted molar refractivity (Wildman–Crippen MR) is 84.3 cm³/mol. The maximum Gasteiger partial charge on any atom is 0.232 e. The smallest absolute Gasteiger partial charge is 0.232 e. The summed E-state index contributed by atoms with van der Waals surface area (Å²) in [5.74, 6) is 1.55. The fourth-order valence-electron chi connectivity index (χ4n) is 2.19. The Bertz CT molecular complexity index is 470. The third kappa shape index (κ3) is 3.94. The van der Waals surface area contributed by atoms with Gasteiger partial charge in [-0.15, -0.1) is 11.8 Å². The number of likely N-dealkylation sites (tertiary alicyclic amines) is 1. The Morgan fingerprint density at radius 1 is 1.32 bits per heavy atom. The predicted octanol–water partition coefficient (Wildman–Crippen LogP) is 2.18. The molecule has 0 bridgehead atoms. The number of nitrogens with two attached hydrogens (primary N) is 1. The highest BCUT2D eigenvalue weighted by Crippen LogP contribution is 2.18. The van der Waals surface area contributed by atoms with Crippen LogP contribution in [-0.4, -0.2) is 34.6 Å². The summed E-state index contributed by atoms with van der Waals surface area (Å²) in [6, 6.07) is 7.85. The number of hydrogen-bond acceptors (Lipinski definition) is 3. The van der Waals surface area contributed by atoms with Gasteiger partial charge in [0, 0.05) is 24.4 Å². The van der Waals surface area contributed by atoms with E-state index >= 15 is 0 Å². The van der Waals surface area contributed by atoms with E-state index in [0.717, 1.165) is 42.8 Å². The van der Waals surface area contributed by atoms with Gasteiger partial charge < -0.3 is 10.6 Å². The van der Waals surface area contributed by atoms with E-state index in [1.807, 2.05) is 29.2 Å². The third-order valence-corrected chi connectivity index (χ3v) is 4.41. The molecule has 0 atom stereocenters. The number of hydrogen-bond donors (Lipinski definition) is 1. The molecule has 0 radical (unpaired) electrons. The van der Waals surface area contributed by atoms with Gasteiger partial charge >= 0.3 is 0 Å². The normalized spacial score (nSPS) is 14.6. The van der Waals surface area contributed by atoms with Crippen LogP contribution in [-0.2, 0) is 10.5 Å². The molecule has 2 rings (SSSR count). The lowest BCUT2D eigenvalue weighted by Gasteiger charge is -2.15. The SMILES string of the molecule is NC(=S)c1ccccc1CSCC(=O)N1CCCC1. The number of nitrogens with zero attached hydrogens (tertiary/aromatic N) is 1. The molecular weight excluding hydrogens is 276 g/mol. The van der Waals surface area contributed by atoms with E-state index in [0.29, 0.717) is 10.7 Å². The minimum absolute atomic E-state index is 0.246. The lowest BCUT2D eigenvalue weighted by Crippen LogP contribution is -2.29. The van der Waals surface area contributed by atoms with Crippen LogP contribution in [0.2, 0.25) is 0 Å². The van der Waals surface area contributed by atoms with Crippen LogP contribution in [0.15, 0.2) is 24.3 Å². The Labute approximate surface area is 123 Å². The first kappa shape index (κ1) is 14.3. The number of thiocarbonyl (C=S) groups is 1. The van der Waals surface area contributed by atoms with Crippen molar-refractivity contribution in [2.75, 3.05) is 18.8 Å². The van der Waals surface area contributed by atoms with E-state index in [4.69, 9.17) is 18.0 Å². The highest BCUT2D eigenvalue weighted by molar-refractivity contribution is 7.99. The number of amides is 1. The molecule has 0 aromatic heterocycles. The largest absolute Gasteiger partial charge is 0.389 e. The Hall–Kier alpha value is -1.07. The van der Waals surface area contributed by atoms with Crippen LogP contribution in [0.4, 0.5) is 0 Å². The molecule has 1 aromatic carbocycles. The van der Waals surface area contributed by atoms with Crippen LogP contribution >= 0.6 is 24.0 Å². The van der Waals surface area contributed by atoms with Gasteiger partial charge in [-0.1, -0.05) is 36.5 Å². The molecule has 0 unspecified atom stereocenters. The molecule has 1 aromatic rings. The zero-order valence-electron chi connectivity index (χ0n) is 10.8. The van der Waals surface area contributed by atoms with Gasteiger partial charge in [0.2, 0.25) is 5.91 Å². The molecule has 0 saturated carbocycles. The van der Waals surface area contributed by atoms with Gasteiger partial charge in [0.1, 0.15) is 4.99 Å². The Morgan fingerprint density at radius 2 is 2.00 bits per heavy atom. The average Bonchev–Trinajstić information content (AvgIpc) is 2.93. The van der Waals surface area contributed by atoms with Gasteiger partial charge in [0.15, 0.2) is 0 Å². The van der Waals surface area contributed by atoms with Crippen molar-refractivity contribution in [2.45, 2.75) is 18.6 Å². The molecule has 1 heterocycles. The summed E-state index contributed by atoms with van der Waals surface area (Å²) in [5.41, 5.74) is 7.71. The van der Waals surface area contributed by atoms with Gasteiger partial charge in [0.25, 0.3) is 0 Å². The van der Waals surface area contributed by atoms with Crippen molar-refractivity contribution in [3.63, 3.8) is 0 Å². The molecule has 2 N–H and O–H groups in total. The number of benzene rings is 1. The second-order valence-electron chi connectivity index (χ2n) is 4.60. The lowest BCUT2D eigenvalue weighted by atomic mass is 10.1. The maximum absolute atomic E-state index is 11.9. The summed E-state index contributed by atoms with van der Waals surface area (Å²) in [7, 11) is 0. The topological polar surface area (TPSA) is 46.3 Å². The Balaban J connectivity index is 1.85. The molecule has 3 nitrogen and oxygen atoms in total. The minimum atomic E-state index is 0.246. The molecule has 1 aliphatic heterocycles. The van der Waals surface area contributed by atoms with E-state index in [2.05, 4.69) is 0 Å². The zero-order valence-corrected chi connectivity index (χ0v) is 12.4. The van der Waals surface area contributed by atoms with Crippen LogP contribution in [0.25, 0.3) is 0 Å². The molecule has 5 heteroatoms. The molecule has 0 spiro atoms. The molecule has 0 aliphatic carbocycles. The molecule has 1 fully saturated rings. The van der Waals surface area contributed by atoms with E-state index in [9.17, 15) is 4.79 Å². The van der Waals surface area contributed by atoms with Crippen molar-refractivity contribution >= 4 is 34.9 Å².